The van der Waals surface area contributed by atoms with E-state index in [9.17, 15) is 18.3 Å². The van der Waals surface area contributed by atoms with Crippen LogP contribution in [-0.2, 0) is 13.1 Å². The van der Waals surface area contributed by atoms with E-state index < -0.39 is 23.6 Å². The molecule has 0 spiro atoms. The molecule has 2 heterocycles. The van der Waals surface area contributed by atoms with Crippen molar-refractivity contribution in [2.45, 2.75) is 39.0 Å². The van der Waals surface area contributed by atoms with Crippen molar-refractivity contribution in [2.24, 2.45) is 0 Å². The van der Waals surface area contributed by atoms with Crippen LogP contribution >= 0.6 is 0 Å². The number of benzene rings is 1. The average molecular weight is 365 g/mol. The Kier molecular flexibility index (Phi) is 5.78. The van der Waals surface area contributed by atoms with Crippen LogP contribution < -0.4 is 0 Å². The Balaban J connectivity index is 1.64. The van der Waals surface area contributed by atoms with Crippen LogP contribution in [0.25, 0.3) is 5.57 Å². The van der Waals surface area contributed by atoms with Gasteiger partial charge >= 0.3 is 0 Å². The van der Waals surface area contributed by atoms with E-state index in [1.165, 1.54) is 0 Å². The van der Waals surface area contributed by atoms with Gasteiger partial charge in [-0.3, -0.25) is 9.58 Å². The van der Waals surface area contributed by atoms with Crippen molar-refractivity contribution in [1.82, 2.24) is 14.7 Å². The van der Waals surface area contributed by atoms with Crippen molar-refractivity contribution in [3.8, 4) is 0 Å². The molecule has 0 saturated carbocycles. The summed E-state index contributed by atoms with van der Waals surface area (Å²) in [6.07, 6.45) is 6.66. The molecular formula is C19H22F3N3O. The maximum atomic E-state index is 13.8. The number of halogens is 3. The van der Waals surface area contributed by atoms with E-state index >= 15 is 0 Å². The number of aliphatic hydroxyl groups is 1. The molecule has 0 unspecified atom stereocenters. The van der Waals surface area contributed by atoms with Crippen molar-refractivity contribution >= 4 is 5.57 Å². The molecule has 1 aromatic carbocycles. The molecule has 1 atom stereocenters. The highest BCUT2D eigenvalue weighted by molar-refractivity contribution is 5.65. The third kappa shape index (κ3) is 4.34. The predicted molar refractivity (Wildman–Crippen MR) is 92.7 cm³/mol. The molecule has 140 valence electrons. The van der Waals surface area contributed by atoms with Crippen molar-refractivity contribution in [3.63, 3.8) is 0 Å². The Bertz CT molecular complexity index is 780. The molecule has 0 fully saturated rings. The molecule has 1 aliphatic heterocycles. The van der Waals surface area contributed by atoms with E-state index in [4.69, 9.17) is 0 Å². The first-order valence-electron chi connectivity index (χ1n) is 8.72. The number of hydrogen-bond acceptors (Lipinski definition) is 3. The lowest BCUT2D eigenvalue weighted by atomic mass is 10.0. The summed E-state index contributed by atoms with van der Waals surface area (Å²) in [5, 5.41) is 14.0. The van der Waals surface area contributed by atoms with E-state index in [-0.39, 0.29) is 12.1 Å². The highest BCUT2D eigenvalue weighted by Gasteiger charge is 2.19. The highest BCUT2D eigenvalue weighted by atomic mass is 19.1. The van der Waals surface area contributed by atoms with Crippen LogP contribution in [0.5, 0.6) is 0 Å². The van der Waals surface area contributed by atoms with Gasteiger partial charge in [0.1, 0.15) is 17.5 Å². The molecule has 0 aliphatic carbocycles. The molecule has 1 aromatic heterocycles. The van der Waals surface area contributed by atoms with Crippen LogP contribution in [0.15, 0.2) is 30.6 Å². The molecule has 3 rings (SSSR count). The summed E-state index contributed by atoms with van der Waals surface area (Å²) >= 11 is 0. The smallest absolute Gasteiger partial charge is 0.133 e. The van der Waals surface area contributed by atoms with Gasteiger partial charge in [0.05, 0.1) is 18.8 Å². The third-order valence-corrected chi connectivity index (χ3v) is 4.65. The molecule has 0 bridgehead atoms. The molecule has 4 nitrogen and oxygen atoms in total. The summed E-state index contributed by atoms with van der Waals surface area (Å²) in [5.41, 5.74) is 2.01. The van der Waals surface area contributed by atoms with Crippen LogP contribution in [0.1, 0.15) is 30.9 Å². The van der Waals surface area contributed by atoms with E-state index in [1.807, 2.05) is 24.1 Å². The molecule has 1 aliphatic rings. The first-order chi connectivity index (χ1) is 12.5. The van der Waals surface area contributed by atoms with Gasteiger partial charge in [0.15, 0.2) is 0 Å². The van der Waals surface area contributed by atoms with Crippen molar-refractivity contribution in [3.05, 3.63) is 59.2 Å². The largest absolute Gasteiger partial charge is 0.391 e. The third-order valence-electron chi connectivity index (χ3n) is 4.65. The predicted octanol–water partition coefficient (Wildman–Crippen LogP) is 3.36. The molecule has 0 radical (unpaired) electrons. The van der Waals surface area contributed by atoms with E-state index in [1.54, 1.807) is 10.9 Å². The average Bonchev–Trinajstić information content (AvgIpc) is 3.07. The maximum absolute atomic E-state index is 13.8. The molecule has 7 heteroatoms. The summed E-state index contributed by atoms with van der Waals surface area (Å²) in [5.74, 6) is -2.61. The minimum Gasteiger partial charge on any atom is -0.391 e. The zero-order valence-electron chi connectivity index (χ0n) is 14.6. The summed E-state index contributed by atoms with van der Waals surface area (Å²) in [6, 6.07) is 1.42. The van der Waals surface area contributed by atoms with Crippen LogP contribution in [0.2, 0.25) is 0 Å². The van der Waals surface area contributed by atoms with Crippen molar-refractivity contribution in [2.75, 3.05) is 13.1 Å². The summed E-state index contributed by atoms with van der Waals surface area (Å²) in [6.45, 7) is 3.67. The van der Waals surface area contributed by atoms with Gasteiger partial charge in [0.25, 0.3) is 0 Å². The van der Waals surface area contributed by atoms with Gasteiger partial charge in [-0.15, -0.1) is 0 Å². The number of aliphatic hydroxyl groups excluding tert-OH is 1. The van der Waals surface area contributed by atoms with Crippen molar-refractivity contribution in [1.29, 1.82) is 0 Å². The van der Waals surface area contributed by atoms with E-state index in [0.29, 0.717) is 38.2 Å². The topological polar surface area (TPSA) is 41.3 Å². The molecule has 26 heavy (non-hydrogen) atoms. The first-order valence-corrected chi connectivity index (χ1v) is 8.72. The van der Waals surface area contributed by atoms with Gasteiger partial charge in [-0.05, 0) is 18.4 Å². The summed E-state index contributed by atoms with van der Waals surface area (Å²) in [4.78, 5) is 1.91. The Morgan fingerprint density at radius 2 is 1.96 bits per heavy atom. The van der Waals surface area contributed by atoms with Gasteiger partial charge in [0.2, 0.25) is 0 Å². The second-order valence-corrected chi connectivity index (χ2v) is 6.58. The molecule has 1 N–H and O–H groups in total. The fourth-order valence-electron chi connectivity index (χ4n) is 3.04. The lowest BCUT2D eigenvalue weighted by Gasteiger charge is -2.26. The van der Waals surface area contributed by atoms with Gasteiger partial charge in [0, 0.05) is 49.1 Å². The minimum atomic E-state index is -0.908. The van der Waals surface area contributed by atoms with E-state index in [0.717, 1.165) is 17.6 Å². The van der Waals surface area contributed by atoms with Gasteiger partial charge in [-0.2, -0.15) is 5.10 Å². The molecule has 2 aromatic rings. The van der Waals surface area contributed by atoms with Crippen LogP contribution in [0, 0.1) is 17.5 Å². The minimum absolute atomic E-state index is 0.101. The molecule has 0 amide bonds. The first kappa shape index (κ1) is 18.7. The quantitative estimate of drug-likeness (QED) is 0.854. The van der Waals surface area contributed by atoms with Crippen LogP contribution in [0.4, 0.5) is 13.2 Å². The number of nitrogens with zero attached hydrogens (tertiary/aromatic N) is 3. The maximum Gasteiger partial charge on any atom is 0.133 e. The van der Waals surface area contributed by atoms with Gasteiger partial charge in [-0.25, -0.2) is 13.2 Å². The lowest BCUT2D eigenvalue weighted by molar-refractivity contribution is 0.145. The van der Waals surface area contributed by atoms with Gasteiger partial charge < -0.3 is 5.11 Å². The molecular weight excluding hydrogens is 343 g/mol. The van der Waals surface area contributed by atoms with Crippen LogP contribution in [-0.4, -0.2) is 39.0 Å². The Morgan fingerprint density at radius 1 is 1.23 bits per heavy atom. The Labute approximate surface area is 150 Å². The summed E-state index contributed by atoms with van der Waals surface area (Å²) in [7, 11) is 0. The SMILES string of the molecule is CC[C@H](O)Cn1cc(C2=CCN(Cc3c(F)cc(F)cc3F)CC2)cn1. The normalized spacial score (nSPS) is 16.6. The second kappa shape index (κ2) is 8.05. The number of hydrogen-bond donors (Lipinski definition) is 1. The second-order valence-electron chi connectivity index (χ2n) is 6.58. The lowest BCUT2D eigenvalue weighted by Crippen LogP contribution is -2.29. The fourth-order valence-corrected chi connectivity index (χ4v) is 3.04. The zero-order valence-corrected chi connectivity index (χ0v) is 14.6. The van der Waals surface area contributed by atoms with E-state index in [2.05, 4.69) is 5.10 Å². The van der Waals surface area contributed by atoms with Crippen molar-refractivity contribution < 1.29 is 18.3 Å². The Hall–Kier alpha value is -2.12. The zero-order chi connectivity index (χ0) is 18.7. The standard InChI is InChI=1S/C19H22F3N3O/c1-2-16(26)11-25-10-14(9-23-25)13-3-5-24(6-4-13)12-17-18(21)7-15(20)8-19(17)22/h3,7-10,16,26H,2,4-6,11-12H2,1H3/t16-/m0/s1. The monoisotopic (exact) mass is 365 g/mol. The number of rotatable bonds is 6. The number of aromatic nitrogens is 2. The Morgan fingerprint density at radius 3 is 2.58 bits per heavy atom. The van der Waals surface area contributed by atoms with Gasteiger partial charge in [-0.1, -0.05) is 13.0 Å². The highest BCUT2D eigenvalue weighted by Crippen LogP contribution is 2.24. The summed E-state index contributed by atoms with van der Waals surface area (Å²) < 4.78 is 42.3. The van der Waals surface area contributed by atoms with Crippen LogP contribution in [0.3, 0.4) is 0 Å². The fraction of sp³-hybridized carbons (Fsp3) is 0.421. The molecule has 0 saturated heterocycles.